The second-order valence-corrected chi connectivity index (χ2v) is 7.30. The van der Waals surface area contributed by atoms with Gasteiger partial charge in [0, 0.05) is 0 Å². The van der Waals surface area contributed by atoms with Gasteiger partial charge in [-0.15, -0.1) is 26.6 Å². The van der Waals surface area contributed by atoms with Crippen molar-refractivity contribution in [1.29, 1.82) is 0 Å². The molecule has 0 radical (unpaired) electrons. The summed E-state index contributed by atoms with van der Waals surface area (Å²) in [7, 11) is 0. The molecule has 3 heterocycles. The van der Waals surface area contributed by atoms with Gasteiger partial charge < -0.3 is 4.42 Å². The Kier molecular flexibility index (Phi) is 4.06. The maximum atomic E-state index is 12.4. The van der Waals surface area contributed by atoms with E-state index in [4.69, 9.17) is 4.42 Å². The molecule has 1 aromatic carbocycles. The van der Waals surface area contributed by atoms with E-state index in [0.29, 0.717) is 22.0 Å². The van der Waals surface area contributed by atoms with Crippen LogP contribution in [0.2, 0.25) is 0 Å². The fraction of sp³-hybridized carbons (Fsp3) is 0.200. The summed E-state index contributed by atoms with van der Waals surface area (Å²) in [5.41, 5.74) is 1.23. The van der Waals surface area contributed by atoms with E-state index in [1.807, 2.05) is 19.9 Å². The number of aromatic nitrogens is 6. The molecule has 0 atom stereocenters. The Morgan fingerprint density at radius 2 is 2.04 bits per heavy atom. The summed E-state index contributed by atoms with van der Waals surface area (Å²) in [5.74, 6) is 0.668. The molecule has 4 aromatic rings. The first-order valence-electron chi connectivity index (χ1n) is 7.35. The summed E-state index contributed by atoms with van der Waals surface area (Å²) in [6.45, 7) is 3.83. The molecule has 0 unspecified atom stereocenters. The van der Waals surface area contributed by atoms with E-state index in [1.165, 1.54) is 27.8 Å². The van der Waals surface area contributed by atoms with Crippen molar-refractivity contribution in [3.63, 3.8) is 0 Å². The van der Waals surface area contributed by atoms with Crippen molar-refractivity contribution in [2.75, 3.05) is 0 Å². The summed E-state index contributed by atoms with van der Waals surface area (Å²) in [5, 5.41) is 17.9. The minimum atomic E-state index is -0.202. The zero-order valence-electron chi connectivity index (χ0n) is 13.3. The number of thioether (sulfide) groups is 1. The van der Waals surface area contributed by atoms with Crippen LogP contribution in [-0.4, -0.2) is 30.2 Å². The van der Waals surface area contributed by atoms with E-state index in [9.17, 15) is 4.79 Å². The Balaban J connectivity index is 1.55. The molecule has 4 rings (SSSR count). The predicted octanol–water partition coefficient (Wildman–Crippen LogP) is 2.66. The second-order valence-electron chi connectivity index (χ2n) is 5.21. The van der Waals surface area contributed by atoms with Crippen molar-refractivity contribution in [2.24, 2.45) is 0 Å². The maximum absolute atomic E-state index is 12.4. The number of nitrogens with zero attached hydrogens (tertiary/aromatic N) is 6. The molecule has 8 nitrogen and oxygen atoms in total. The number of benzene rings is 1. The molecule has 0 N–H and O–H groups in total. The lowest BCUT2D eigenvalue weighted by Crippen LogP contribution is -2.23. The van der Waals surface area contributed by atoms with Crippen LogP contribution in [-0.2, 0) is 5.88 Å². The van der Waals surface area contributed by atoms with Gasteiger partial charge in [0.1, 0.15) is 16.3 Å². The molecule has 0 aliphatic rings. The number of hydrogen-bond donors (Lipinski definition) is 0. The molecule has 0 fully saturated rings. The third kappa shape index (κ3) is 3.05. The largest absolute Gasteiger partial charge is 0.410 e. The first kappa shape index (κ1) is 15.9. The molecule has 0 saturated heterocycles. The van der Waals surface area contributed by atoms with Crippen LogP contribution in [0, 0.1) is 13.8 Å². The Hall–Kier alpha value is -2.59. The summed E-state index contributed by atoms with van der Waals surface area (Å²) in [6, 6.07) is 7.10. The topological polar surface area (TPSA) is 99.6 Å². The van der Waals surface area contributed by atoms with Crippen molar-refractivity contribution in [3.05, 3.63) is 45.3 Å². The average molecular weight is 372 g/mol. The van der Waals surface area contributed by atoms with E-state index in [1.54, 1.807) is 18.2 Å². The van der Waals surface area contributed by atoms with Crippen LogP contribution in [0.4, 0.5) is 0 Å². The molecule has 0 spiro atoms. The van der Waals surface area contributed by atoms with Gasteiger partial charge in [0.15, 0.2) is 0 Å². The van der Waals surface area contributed by atoms with Crippen molar-refractivity contribution in [2.45, 2.75) is 24.9 Å². The van der Waals surface area contributed by atoms with Gasteiger partial charge in [0.25, 0.3) is 16.7 Å². The van der Waals surface area contributed by atoms with Gasteiger partial charge in [-0.1, -0.05) is 17.3 Å². The highest BCUT2D eigenvalue weighted by molar-refractivity contribution is 7.98. The Bertz CT molecular complexity index is 1120. The number of aryl methyl sites for hydroxylation is 2. The van der Waals surface area contributed by atoms with Gasteiger partial charge in [-0.3, -0.25) is 4.79 Å². The van der Waals surface area contributed by atoms with Gasteiger partial charge in [0.05, 0.1) is 16.1 Å². The molecule has 0 saturated carbocycles. The van der Waals surface area contributed by atoms with Gasteiger partial charge in [-0.2, -0.15) is 4.68 Å². The lowest BCUT2D eigenvalue weighted by Gasteiger charge is -2.02. The van der Waals surface area contributed by atoms with Gasteiger partial charge >= 0.3 is 0 Å². The summed E-state index contributed by atoms with van der Waals surface area (Å²) in [4.78, 5) is 17.6. The summed E-state index contributed by atoms with van der Waals surface area (Å²) >= 11 is 2.73. The average Bonchev–Trinajstić information content (AvgIpc) is 3.20. The van der Waals surface area contributed by atoms with Crippen LogP contribution in [0.15, 0.2) is 38.7 Å². The minimum absolute atomic E-state index is 0.202. The van der Waals surface area contributed by atoms with Crippen LogP contribution < -0.4 is 5.56 Å². The molecule has 0 aliphatic heterocycles. The number of rotatable bonds is 4. The van der Waals surface area contributed by atoms with Crippen molar-refractivity contribution in [3.8, 4) is 10.8 Å². The lowest BCUT2D eigenvalue weighted by molar-refractivity contribution is 0.464. The Morgan fingerprint density at radius 1 is 1.20 bits per heavy atom. The molecule has 0 amide bonds. The van der Waals surface area contributed by atoms with Gasteiger partial charge in [-0.05, 0) is 37.7 Å². The second kappa shape index (κ2) is 6.37. The van der Waals surface area contributed by atoms with Crippen molar-refractivity contribution < 1.29 is 4.42 Å². The van der Waals surface area contributed by atoms with Crippen molar-refractivity contribution >= 4 is 34.0 Å². The Labute approximate surface area is 149 Å². The van der Waals surface area contributed by atoms with Gasteiger partial charge in [-0.25, -0.2) is 4.98 Å². The highest BCUT2D eigenvalue weighted by atomic mass is 32.2. The van der Waals surface area contributed by atoms with E-state index < -0.39 is 0 Å². The SMILES string of the molecule is Cc1nc(C)c(-c2nnc(SCn3nnc4ccccc4c3=O)o2)s1. The molecule has 0 bridgehead atoms. The third-order valence-corrected chi connectivity index (χ3v) is 5.29. The highest BCUT2D eigenvalue weighted by Crippen LogP contribution is 2.30. The minimum Gasteiger partial charge on any atom is -0.410 e. The van der Waals surface area contributed by atoms with E-state index in [0.717, 1.165) is 15.6 Å². The number of hydrogen-bond acceptors (Lipinski definition) is 9. The van der Waals surface area contributed by atoms with E-state index >= 15 is 0 Å². The van der Waals surface area contributed by atoms with Crippen LogP contribution in [0.25, 0.3) is 21.7 Å². The third-order valence-electron chi connectivity index (χ3n) is 3.44. The van der Waals surface area contributed by atoms with Crippen LogP contribution in [0.1, 0.15) is 10.7 Å². The molecule has 3 aromatic heterocycles. The Morgan fingerprint density at radius 3 is 2.84 bits per heavy atom. The zero-order valence-corrected chi connectivity index (χ0v) is 15.0. The molecular formula is C15H12N6O2S2. The summed E-state index contributed by atoms with van der Waals surface area (Å²) in [6.07, 6.45) is 0. The van der Waals surface area contributed by atoms with E-state index in [2.05, 4.69) is 25.5 Å². The molecule has 126 valence electrons. The normalized spacial score (nSPS) is 11.3. The monoisotopic (exact) mass is 372 g/mol. The number of fused-ring (bicyclic) bond motifs is 1. The smallest absolute Gasteiger partial charge is 0.278 e. The van der Waals surface area contributed by atoms with Crippen LogP contribution in [0.3, 0.4) is 0 Å². The van der Waals surface area contributed by atoms with Crippen molar-refractivity contribution in [1.82, 2.24) is 30.2 Å². The molecule has 25 heavy (non-hydrogen) atoms. The molecular weight excluding hydrogens is 360 g/mol. The first-order valence-corrected chi connectivity index (χ1v) is 9.15. The van der Waals surface area contributed by atoms with Crippen LogP contribution >= 0.6 is 23.1 Å². The molecule has 0 aliphatic carbocycles. The van der Waals surface area contributed by atoms with Crippen LogP contribution in [0.5, 0.6) is 0 Å². The fourth-order valence-corrected chi connectivity index (χ4v) is 3.79. The predicted molar refractivity (Wildman–Crippen MR) is 94.5 cm³/mol. The first-order chi connectivity index (χ1) is 12.1. The quantitative estimate of drug-likeness (QED) is 0.504. The molecule has 10 heteroatoms. The standard InChI is InChI=1S/C15H12N6O2S2/c1-8-12(25-9(2)16-8)13-18-19-15(23-13)24-7-21-14(22)10-5-3-4-6-11(10)17-20-21/h3-6H,7H2,1-2H3. The highest BCUT2D eigenvalue weighted by Gasteiger charge is 2.15. The maximum Gasteiger partial charge on any atom is 0.278 e. The fourth-order valence-electron chi connectivity index (χ4n) is 2.31. The summed E-state index contributed by atoms with van der Waals surface area (Å²) < 4.78 is 6.94. The zero-order chi connectivity index (χ0) is 17.4. The lowest BCUT2D eigenvalue weighted by atomic mass is 10.2. The number of thiazole rings is 1. The van der Waals surface area contributed by atoms with E-state index in [-0.39, 0.29) is 11.4 Å². The van der Waals surface area contributed by atoms with Gasteiger partial charge in [0.2, 0.25) is 0 Å².